The van der Waals surface area contributed by atoms with E-state index in [4.69, 9.17) is 11.6 Å². The van der Waals surface area contributed by atoms with Crippen LogP contribution in [0, 0.1) is 6.92 Å². The van der Waals surface area contributed by atoms with Gasteiger partial charge in [0.1, 0.15) is 5.02 Å². The summed E-state index contributed by atoms with van der Waals surface area (Å²) in [5.41, 5.74) is 2.35. The molecule has 2 aromatic rings. The van der Waals surface area contributed by atoms with E-state index in [1.54, 1.807) is 4.90 Å². The number of aromatic nitrogens is 2. The van der Waals surface area contributed by atoms with Gasteiger partial charge in [-0.3, -0.25) is 9.59 Å². The highest BCUT2D eigenvalue weighted by Gasteiger charge is 2.26. The quantitative estimate of drug-likeness (QED) is 0.926. The Labute approximate surface area is 138 Å². The highest BCUT2D eigenvalue weighted by molar-refractivity contribution is 6.33. The van der Waals surface area contributed by atoms with Gasteiger partial charge in [-0.1, -0.05) is 41.4 Å². The Kier molecular flexibility index (Phi) is 4.34. The van der Waals surface area contributed by atoms with E-state index in [2.05, 4.69) is 10.2 Å². The maximum atomic E-state index is 12.4. The predicted octanol–water partition coefficient (Wildman–Crippen LogP) is 1.58. The van der Waals surface area contributed by atoms with Gasteiger partial charge in [-0.25, -0.2) is 5.10 Å². The molecule has 120 valence electrons. The SMILES string of the molecule is Cc1ccc(CN2CCN(c3cn[nH]c(=O)c3Cl)CC2=O)cc1. The Bertz CT molecular complexity index is 772. The van der Waals surface area contributed by atoms with Gasteiger partial charge in [-0.15, -0.1) is 0 Å². The lowest BCUT2D eigenvalue weighted by atomic mass is 10.1. The highest BCUT2D eigenvalue weighted by Crippen LogP contribution is 2.22. The van der Waals surface area contributed by atoms with Crippen LogP contribution in [0.1, 0.15) is 11.1 Å². The Morgan fingerprint density at radius 2 is 1.96 bits per heavy atom. The van der Waals surface area contributed by atoms with E-state index >= 15 is 0 Å². The molecule has 0 atom stereocenters. The Hall–Kier alpha value is -2.34. The van der Waals surface area contributed by atoms with E-state index in [9.17, 15) is 9.59 Å². The molecule has 0 bridgehead atoms. The van der Waals surface area contributed by atoms with Crippen LogP contribution in [0.5, 0.6) is 0 Å². The maximum absolute atomic E-state index is 12.4. The second-order valence-corrected chi connectivity index (χ2v) is 6.00. The topological polar surface area (TPSA) is 69.3 Å². The summed E-state index contributed by atoms with van der Waals surface area (Å²) in [6.07, 6.45) is 1.48. The molecule has 1 amide bonds. The van der Waals surface area contributed by atoms with Crippen molar-refractivity contribution < 1.29 is 4.79 Å². The number of aryl methyl sites for hydroxylation is 1. The Morgan fingerprint density at radius 1 is 1.22 bits per heavy atom. The summed E-state index contributed by atoms with van der Waals surface area (Å²) >= 11 is 6.00. The molecule has 6 nitrogen and oxygen atoms in total. The van der Waals surface area contributed by atoms with Gasteiger partial charge >= 0.3 is 0 Å². The zero-order valence-electron chi connectivity index (χ0n) is 12.8. The van der Waals surface area contributed by atoms with Crippen LogP contribution in [0.2, 0.25) is 5.02 Å². The lowest BCUT2D eigenvalue weighted by molar-refractivity contribution is -0.131. The molecule has 1 aliphatic rings. The molecule has 7 heteroatoms. The fourth-order valence-electron chi connectivity index (χ4n) is 2.59. The third kappa shape index (κ3) is 3.37. The van der Waals surface area contributed by atoms with Gasteiger partial charge in [0, 0.05) is 19.6 Å². The average molecular weight is 333 g/mol. The number of halogens is 1. The molecule has 23 heavy (non-hydrogen) atoms. The number of nitrogens with zero attached hydrogens (tertiary/aromatic N) is 3. The first-order chi connectivity index (χ1) is 11.0. The van der Waals surface area contributed by atoms with Crippen molar-refractivity contribution in [3.8, 4) is 0 Å². The molecule has 0 spiro atoms. The number of hydrogen-bond acceptors (Lipinski definition) is 4. The molecule has 0 unspecified atom stereocenters. The van der Waals surface area contributed by atoms with Crippen LogP contribution in [0.4, 0.5) is 5.69 Å². The van der Waals surface area contributed by atoms with Crippen LogP contribution < -0.4 is 10.5 Å². The Morgan fingerprint density at radius 3 is 2.65 bits per heavy atom. The summed E-state index contributed by atoms with van der Waals surface area (Å²) in [5.74, 6) is 0.00757. The summed E-state index contributed by atoms with van der Waals surface area (Å²) < 4.78 is 0. The third-order valence-corrected chi connectivity index (χ3v) is 4.30. The number of amides is 1. The van der Waals surface area contributed by atoms with Crippen LogP contribution in [-0.2, 0) is 11.3 Å². The molecule has 1 aromatic heterocycles. The number of benzene rings is 1. The Balaban J connectivity index is 1.70. The van der Waals surface area contributed by atoms with E-state index in [0.717, 1.165) is 5.56 Å². The zero-order chi connectivity index (χ0) is 16.4. The van der Waals surface area contributed by atoms with Gasteiger partial charge in [-0.05, 0) is 12.5 Å². The minimum absolute atomic E-state index is 0.00757. The maximum Gasteiger partial charge on any atom is 0.285 e. The first kappa shape index (κ1) is 15.6. The van der Waals surface area contributed by atoms with Crippen LogP contribution in [0.25, 0.3) is 0 Å². The van der Waals surface area contributed by atoms with Crippen molar-refractivity contribution in [3.05, 3.63) is 57.0 Å². The summed E-state index contributed by atoms with van der Waals surface area (Å²) in [6.45, 7) is 4.01. The van der Waals surface area contributed by atoms with Crippen molar-refractivity contribution in [2.24, 2.45) is 0 Å². The number of carbonyl (C=O) groups excluding carboxylic acids is 1. The number of H-pyrrole nitrogens is 1. The lowest BCUT2D eigenvalue weighted by Crippen LogP contribution is -2.50. The third-order valence-electron chi connectivity index (χ3n) is 3.93. The van der Waals surface area contributed by atoms with Gasteiger partial charge in [0.2, 0.25) is 5.91 Å². The van der Waals surface area contributed by atoms with E-state index in [1.165, 1.54) is 11.8 Å². The lowest BCUT2D eigenvalue weighted by Gasteiger charge is -2.35. The standard InChI is InChI=1S/C16H17ClN4O2/c1-11-2-4-12(5-3-11)9-21-7-6-20(10-14(21)22)13-8-18-19-16(23)15(13)17/h2-5,8H,6-7,9-10H2,1H3,(H,19,23). The molecular formula is C16H17ClN4O2. The summed E-state index contributed by atoms with van der Waals surface area (Å²) in [4.78, 5) is 27.5. The van der Waals surface area contributed by atoms with Crippen LogP contribution in [0.15, 0.2) is 35.3 Å². The van der Waals surface area contributed by atoms with Gasteiger partial charge in [0.15, 0.2) is 0 Å². The number of anilines is 1. The molecule has 0 radical (unpaired) electrons. The second-order valence-electron chi connectivity index (χ2n) is 5.62. The summed E-state index contributed by atoms with van der Waals surface area (Å²) in [5, 5.41) is 6.10. The van der Waals surface area contributed by atoms with E-state index in [0.29, 0.717) is 25.3 Å². The van der Waals surface area contributed by atoms with Gasteiger partial charge in [0.05, 0.1) is 18.4 Å². The molecule has 0 aliphatic carbocycles. The van der Waals surface area contributed by atoms with Gasteiger partial charge in [0.25, 0.3) is 5.56 Å². The van der Waals surface area contributed by atoms with Crippen LogP contribution >= 0.6 is 11.6 Å². The highest BCUT2D eigenvalue weighted by atomic mass is 35.5. The normalized spacial score (nSPS) is 15.1. The molecule has 1 saturated heterocycles. The molecule has 1 aromatic carbocycles. The number of aromatic amines is 1. The summed E-state index contributed by atoms with van der Waals surface area (Å²) in [7, 11) is 0. The first-order valence-corrected chi connectivity index (χ1v) is 7.74. The first-order valence-electron chi connectivity index (χ1n) is 7.36. The molecule has 0 saturated carbocycles. The number of rotatable bonds is 3. The molecular weight excluding hydrogens is 316 g/mol. The average Bonchev–Trinajstić information content (AvgIpc) is 2.54. The van der Waals surface area contributed by atoms with Crippen molar-refractivity contribution in [2.45, 2.75) is 13.5 Å². The second kappa shape index (κ2) is 6.42. The van der Waals surface area contributed by atoms with Crippen molar-refractivity contribution in [3.63, 3.8) is 0 Å². The molecule has 3 rings (SSSR count). The van der Waals surface area contributed by atoms with E-state index in [1.807, 2.05) is 36.1 Å². The van der Waals surface area contributed by atoms with Crippen molar-refractivity contribution in [2.75, 3.05) is 24.5 Å². The van der Waals surface area contributed by atoms with Crippen LogP contribution in [0.3, 0.4) is 0 Å². The molecule has 1 aliphatic heterocycles. The fraction of sp³-hybridized carbons (Fsp3) is 0.312. The van der Waals surface area contributed by atoms with Crippen molar-refractivity contribution in [1.82, 2.24) is 15.1 Å². The van der Waals surface area contributed by atoms with Gasteiger partial charge < -0.3 is 9.80 Å². The minimum Gasteiger partial charge on any atom is -0.358 e. The molecule has 1 fully saturated rings. The minimum atomic E-state index is -0.446. The van der Waals surface area contributed by atoms with Gasteiger partial charge in [-0.2, -0.15) is 5.10 Å². The molecule has 2 heterocycles. The summed E-state index contributed by atoms with van der Waals surface area (Å²) in [6, 6.07) is 8.15. The van der Waals surface area contributed by atoms with E-state index < -0.39 is 5.56 Å². The number of carbonyl (C=O) groups is 1. The van der Waals surface area contributed by atoms with Crippen LogP contribution in [-0.4, -0.2) is 40.6 Å². The number of piperazine rings is 1. The zero-order valence-corrected chi connectivity index (χ0v) is 13.5. The van der Waals surface area contributed by atoms with Crippen molar-refractivity contribution >= 4 is 23.2 Å². The molecule has 1 N–H and O–H groups in total. The van der Waals surface area contributed by atoms with Crippen molar-refractivity contribution in [1.29, 1.82) is 0 Å². The fourth-order valence-corrected chi connectivity index (χ4v) is 2.80. The van der Waals surface area contributed by atoms with E-state index in [-0.39, 0.29) is 17.5 Å². The monoisotopic (exact) mass is 332 g/mol. The largest absolute Gasteiger partial charge is 0.358 e. The number of hydrogen-bond donors (Lipinski definition) is 1. The smallest absolute Gasteiger partial charge is 0.285 e. The predicted molar refractivity (Wildman–Crippen MR) is 88.7 cm³/mol. The number of nitrogens with one attached hydrogen (secondary N) is 1.